The Morgan fingerprint density at radius 1 is 1.00 bits per heavy atom. The molecule has 0 aliphatic carbocycles. The second-order valence-corrected chi connectivity index (χ2v) is 4.52. The lowest BCUT2D eigenvalue weighted by Crippen LogP contribution is -2.15. The molecule has 17 heavy (non-hydrogen) atoms. The van der Waals surface area contributed by atoms with E-state index in [4.69, 9.17) is 5.73 Å². The summed E-state index contributed by atoms with van der Waals surface area (Å²) >= 11 is 0. The summed E-state index contributed by atoms with van der Waals surface area (Å²) in [6.07, 6.45) is 1.87. The van der Waals surface area contributed by atoms with E-state index in [-0.39, 0.29) is 6.04 Å². The van der Waals surface area contributed by atoms with Crippen molar-refractivity contribution in [3.05, 3.63) is 64.5 Å². The van der Waals surface area contributed by atoms with E-state index in [1.54, 1.807) is 0 Å². The molecule has 2 rings (SSSR count). The van der Waals surface area contributed by atoms with Crippen molar-refractivity contribution in [1.29, 1.82) is 0 Å². The van der Waals surface area contributed by atoms with Crippen LogP contribution < -0.4 is 5.73 Å². The molecule has 88 valence electrons. The zero-order valence-electron chi connectivity index (χ0n) is 10.6. The lowest BCUT2D eigenvalue weighted by Gasteiger charge is -2.17. The highest BCUT2D eigenvalue weighted by atomic mass is 14.7. The molecule has 0 aliphatic rings. The molecule has 2 N–H and O–H groups in total. The molecule has 2 heteroatoms. The van der Waals surface area contributed by atoms with E-state index in [1.807, 2.05) is 19.2 Å². The summed E-state index contributed by atoms with van der Waals surface area (Å²) in [7, 11) is 0. The Morgan fingerprint density at radius 2 is 1.65 bits per heavy atom. The van der Waals surface area contributed by atoms with Gasteiger partial charge in [0, 0.05) is 11.9 Å². The zero-order chi connectivity index (χ0) is 12.4. The number of nitrogens with zero attached hydrogens (tertiary/aromatic N) is 1. The molecule has 1 atom stereocenters. The number of aryl methyl sites for hydroxylation is 3. The van der Waals surface area contributed by atoms with Crippen LogP contribution in [0.3, 0.4) is 0 Å². The Morgan fingerprint density at radius 3 is 2.18 bits per heavy atom. The van der Waals surface area contributed by atoms with Gasteiger partial charge in [0.2, 0.25) is 0 Å². The van der Waals surface area contributed by atoms with Crippen LogP contribution in [-0.2, 0) is 0 Å². The van der Waals surface area contributed by atoms with Gasteiger partial charge in [-0.25, -0.2) is 0 Å². The normalized spacial score (nSPS) is 12.5. The lowest BCUT2D eigenvalue weighted by atomic mass is 9.93. The van der Waals surface area contributed by atoms with Gasteiger partial charge in [-0.3, -0.25) is 4.98 Å². The van der Waals surface area contributed by atoms with Crippen LogP contribution >= 0.6 is 0 Å². The van der Waals surface area contributed by atoms with Gasteiger partial charge < -0.3 is 5.73 Å². The third-order valence-electron chi connectivity index (χ3n) is 3.15. The highest BCUT2D eigenvalue weighted by Crippen LogP contribution is 2.25. The first-order valence-electron chi connectivity index (χ1n) is 5.84. The second-order valence-electron chi connectivity index (χ2n) is 4.52. The first-order chi connectivity index (χ1) is 8.09. The highest BCUT2D eigenvalue weighted by molar-refractivity contribution is 5.41. The molecule has 1 aromatic heterocycles. The molecule has 0 radical (unpaired) electrons. The molecular weight excluding hydrogens is 208 g/mol. The summed E-state index contributed by atoms with van der Waals surface area (Å²) in [5.74, 6) is 0. The minimum absolute atomic E-state index is 0.0932. The maximum atomic E-state index is 6.33. The molecule has 0 aliphatic heterocycles. The van der Waals surface area contributed by atoms with Crippen LogP contribution in [0.1, 0.15) is 34.0 Å². The number of pyridine rings is 1. The molecule has 0 spiro atoms. The molecule has 1 aromatic carbocycles. The summed E-state index contributed by atoms with van der Waals surface area (Å²) in [6.45, 7) is 6.18. The van der Waals surface area contributed by atoms with Gasteiger partial charge in [-0.15, -0.1) is 0 Å². The first-order valence-corrected chi connectivity index (χ1v) is 5.84. The number of aromatic nitrogens is 1. The molecule has 1 heterocycles. The van der Waals surface area contributed by atoms with Gasteiger partial charge in [0.05, 0.1) is 6.04 Å². The number of hydrogen-bond donors (Lipinski definition) is 1. The molecule has 0 saturated heterocycles. The van der Waals surface area contributed by atoms with Gasteiger partial charge in [0.1, 0.15) is 0 Å². The minimum Gasteiger partial charge on any atom is -0.320 e. The quantitative estimate of drug-likeness (QED) is 0.854. The average Bonchev–Trinajstić information content (AvgIpc) is 2.29. The molecule has 2 nitrogen and oxygen atoms in total. The van der Waals surface area contributed by atoms with E-state index in [1.165, 1.54) is 16.7 Å². The van der Waals surface area contributed by atoms with Crippen molar-refractivity contribution in [2.45, 2.75) is 26.8 Å². The van der Waals surface area contributed by atoms with Gasteiger partial charge in [-0.1, -0.05) is 24.3 Å². The number of rotatable bonds is 2. The van der Waals surface area contributed by atoms with E-state index in [0.29, 0.717) is 0 Å². The van der Waals surface area contributed by atoms with E-state index in [2.05, 4.69) is 43.1 Å². The molecular formula is C15H18N2. The molecule has 1 unspecified atom stereocenters. The lowest BCUT2D eigenvalue weighted by molar-refractivity contribution is 0.842. The largest absolute Gasteiger partial charge is 0.320 e. The van der Waals surface area contributed by atoms with Gasteiger partial charge in [0.15, 0.2) is 0 Å². The fourth-order valence-electron chi connectivity index (χ4n) is 2.15. The van der Waals surface area contributed by atoms with E-state index in [9.17, 15) is 0 Å². The van der Waals surface area contributed by atoms with Crippen LogP contribution in [0.5, 0.6) is 0 Å². The van der Waals surface area contributed by atoms with Crippen LogP contribution in [0.15, 0.2) is 36.5 Å². The number of nitrogens with two attached hydrogens (primary N) is 1. The van der Waals surface area contributed by atoms with Gasteiger partial charge >= 0.3 is 0 Å². The Hall–Kier alpha value is -1.67. The average molecular weight is 226 g/mol. The number of benzene rings is 1. The van der Waals surface area contributed by atoms with E-state index < -0.39 is 0 Å². The second kappa shape index (κ2) is 4.68. The third-order valence-corrected chi connectivity index (χ3v) is 3.15. The predicted molar refractivity (Wildman–Crippen MR) is 70.9 cm³/mol. The van der Waals surface area contributed by atoms with Crippen LogP contribution in [0.25, 0.3) is 0 Å². The van der Waals surface area contributed by atoms with Crippen LogP contribution in [0, 0.1) is 20.8 Å². The number of hydrogen-bond acceptors (Lipinski definition) is 2. The van der Waals surface area contributed by atoms with Gasteiger partial charge in [0.25, 0.3) is 0 Å². The summed E-state index contributed by atoms with van der Waals surface area (Å²) in [6, 6.07) is 10.2. The van der Waals surface area contributed by atoms with Crippen molar-refractivity contribution >= 4 is 0 Å². The molecule has 0 fully saturated rings. The van der Waals surface area contributed by atoms with Crippen LogP contribution in [0.2, 0.25) is 0 Å². The van der Waals surface area contributed by atoms with Gasteiger partial charge in [-0.2, -0.15) is 0 Å². The first kappa shape index (κ1) is 11.8. The summed E-state index contributed by atoms with van der Waals surface area (Å²) in [5.41, 5.74) is 12.1. The summed E-state index contributed by atoms with van der Waals surface area (Å²) in [4.78, 5) is 4.31. The van der Waals surface area contributed by atoms with Crippen molar-refractivity contribution in [2.75, 3.05) is 0 Å². The Balaban J connectivity index is 2.43. The summed E-state index contributed by atoms with van der Waals surface area (Å²) < 4.78 is 0. The van der Waals surface area contributed by atoms with E-state index >= 15 is 0 Å². The molecule has 0 saturated carbocycles. The Labute approximate surface area is 103 Å². The van der Waals surface area contributed by atoms with Crippen LogP contribution in [-0.4, -0.2) is 4.98 Å². The molecule has 2 aromatic rings. The van der Waals surface area contributed by atoms with Gasteiger partial charge in [-0.05, 0) is 49.1 Å². The third kappa shape index (κ3) is 2.37. The smallest absolute Gasteiger partial charge is 0.0572 e. The van der Waals surface area contributed by atoms with Crippen LogP contribution in [0.4, 0.5) is 0 Å². The molecule has 0 amide bonds. The maximum absolute atomic E-state index is 6.33. The Bertz CT molecular complexity index is 495. The minimum atomic E-state index is -0.0932. The van der Waals surface area contributed by atoms with E-state index in [0.717, 1.165) is 11.3 Å². The standard InChI is InChI=1S/C15H18N2/c1-10-5-4-6-11(2)14(10)15(16)13-8-7-12(3)17-9-13/h4-9,15H,16H2,1-3H3. The monoisotopic (exact) mass is 226 g/mol. The van der Waals surface area contributed by atoms with Crippen molar-refractivity contribution < 1.29 is 0 Å². The fraction of sp³-hybridized carbons (Fsp3) is 0.267. The highest BCUT2D eigenvalue weighted by Gasteiger charge is 2.13. The van der Waals surface area contributed by atoms with Crippen molar-refractivity contribution in [2.24, 2.45) is 5.73 Å². The maximum Gasteiger partial charge on any atom is 0.0572 e. The fourth-order valence-corrected chi connectivity index (χ4v) is 2.15. The van der Waals surface area contributed by atoms with Crippen molar-refractivity contribution in [3.8, 4) is 0 Å². The van der Waals surface area contributed by atoms with Crippen molar-refractivity contribution in [1.82, 2.24) is 4.98 Å². The van der Waals surface area contributed by atoms with Crippen molar-refractivity contribution in [3.63, 3.8) is 0 Å². The topological polar surface area (TPSA) is 38.9 Å². The Kier molecular flexibility index (Phi) is 3.25. The molecule has 0 bridgehead atoms. The predicted octanol–water partition coefficient (Wildman–Crippen LogP) is 3.05. The summed E-state index contributed by atoms with van der Waals surface area (Å²) in [5, 5.41) is 0. The SMILES string of the molecule is Cc1ccc(C(N)c2c(C)cccc2C)cn1. The zero-order valence-corrected chi connectivity index (χ0v) is 10.6.